The van der Waals surface area contributed by atoms with E-state index in [2.05, 4.69) is 32.0 Å². The monoisotopic (exact) mass is 289 g/mol. The molecule has 0 radical (unpaired) electrons. The van der Waals surface area contributed by atoms with Gasteiger partial charge < -0.3 is 4.74 Å². The summed E-state index contributed by atoms with van der Waals surface area (Å²) in [5, 5.41) is 8.54. The average Bonchev–Trinajstić information content (AvgIpc) is 2.35. The van der Waals surface area contributed by atoms with E-state index in [4.69, 9.17) is 10.00 Å². The summed E-state index contributed by atoms with van der Waals surface area (Å²) >= 11 is 3.25. The molecule has 2 aromatic rings. The minimum absolute atomic E-state index is 0.293. The average molecular weight is 290 g/mol. The Morgan fingerprint density at radius 1 is 1.18 bits per heavy atom. The van der Waals surface area contributed by atoms with Gasteiger partial charge in [-0.2, -0.15) is 5.26 Å². The first-order valence-electron chi connectivity index (χ1n) is 4.89. The Bertz CT molecular complexity index is 531. The van der Waals surface area contributed by atoms with Crippen molar-refractivity contribution in [3.8, 4) is 17.8 Å². The molecule has 1 aromatic heterocycles. The molecule has 0 fully saturated rings. The van der Waals surface area contributed by atoms with E-state index >= 15 is 0 Å². The van der Waals surface area contributed by atoms with Crippen molar-refractivity contribution >= 4 is 15.9 Å². The molecule has 1 heterocycles. The van der Waals surface area contributed by atoms with E-state index in [9.17, 15) is 0 Å². The Kier molecular flexibility index (Phi) is 3.68. The van der Waals surface area contributed by atoms with Crippen LogP contribution in [0.15, 0.2) is 41.1 Å². The van der Waals surface area contributed by atoms with Gasteiger partial charge in [-0.15, -0.1) is 0 Å². The highest BCUT2D eigenvalue weighted by molar-refractivity contribution is 9.10. The van der Waals surface area contributed by atoms with Crippen molar-refractivity contribution < 1.29 is 4.74 Å². The Hall–Kier alpha value is -1.93. The molecule has 0 aliphatic rings. The summed E-state index contributed by atoms with van der Waals surface area (Å²) in [5.41, 5.74) is 0.955. The van der Waals surface area contributed by atoms with Crippen LogP contribution in [0.25, 0.3) is 0 Å². The molecule has 0 aliphatic carbocycles. The van der Waals surface area contributed by atoms with Gasteiger partial charge in [-0.05, 0) is 33.6 Å². The Labute approximate surface area is 107 Å². The Morgan fingerprint density at radius 2 is 1.82 bits per heavy atom. The largest absolute Gasteiger partial charge is 0.424 e. The molecule has 5 heteroatoms. The van der Waals surface area contributed by atoms with Crippen LogP contribution in [0.2, 0.25) is 0 Å². The summed E-state index contributed by atoms with van der Waals surface area (Å²) in [6.45, 7) is 0. The maximum absolute atomic E-state index is 8.54. The molecule has 0 aliphatic heterocycles. The van der Waals surface area contributed by atoms with Crippen LogP contribution < -0.4 is 4.74 Å². The van der Waals surface area contributed by atoms with Gasteiger partial charge in [0.25, 0.3) is 0 Å². The molecule has 0 amide bonds. The minimum atomic E-state index is 0.293. The first kappa shape index (κ1) is 11.6. The third-order valence-electron chi connectivity index (χ3n) is 2.01. The minimum Gasteiger partial charge on any atom is -0.424 e. The highest BCUT2D eigenvalue weighted by atomic mass is 79.9. The summed E-state index contributed by atoms with van der Waals surface area (Å²) in [6, 6.07) is 9.65. The van der Waals surface area contributed by atoms with Gasteiger partial charge in [-0.25, -0.2) is 9.97 Å². The van der Waals surface area contributed by atoms with Gasteiger partial charge >= 0.3 is 6.01 Å². The Balaban J connectivity index is 2.09. The molecule has 0 spiro atoms. The standard InChI is InChI=1S/C12H8BrN3O/c13-10-7-15-12(16-8-10)17-11-3-1-9(2-4-11)5-6-14/h1-4,7-8H,5H2. The lowest BCUT2D eigenvalue weighted by atomic mass is 10.2. The predicted molar refractivity (Wildman–Crippen MR) is 65.6 cm³/mol. The fourth-order valence-electron chi connectivity index (χ4n) is 1.23. The van der Waals surface area contributed by atoms with Crippen molar-refractivity contribution in [2.75, 3.05) is 0 Å². The SMILES string of the molecule is N#CCc1ccc(Oc2ncc(Br)cn2)cc1. The van der Waals surface area contributed by atoms with Crippen molar-refractivity contribution in [1.29, 1.82) is 5.26 Å². The number of rotatable bonds is 3. The predicted octanol–water partition coefficient (Wildman–Crippen LogP) is 3.10. The van der Waals surface area contributed by atoms with Crippen LogP contribution in [0.1, 0.15) is 5.56 Å². The fraction of sp³-hybridized carbons (Fsp3) is 0.0833. The third-order valence-corrected chi connectivity index (χ3v) is 2.42. The summed E-state index contributed by atoms with van der Waals surface area (Å²) in [5.74, 6) is 0.647. The van der Waals surface area contributed by atoms with Gasteiger partial charge in [0.2, 0.25) is 0 Å². The van der Waals surface area contributed by atoms with Crippen LogP contribution in [0.3, 0.4) is 0 Å². The summed E-state index contributed by atoms with van der Waals surface area (Å²) in [4.78, 5) is 8.00. The van der Waals surface area contributed by atoms with Gasteiger partial charge in [-0.3, -0.25) is 0 Å². The first-order valence-corrected chi connectivity index (χ1v) is 5.68. The van der Waals surface area contributed by atoms with E-state index in [1.807, 2.05) is 12.1 Å². The number of benzene rings is 1. The zero-order chi connectivity index (χ0) is 12.1. The molecule has 84 valence electrons. The molecule has 17 heavy (non-hydrogen) atoms. The van der Waals surface area contributed by atoms with E-state index in [-0.39, 0.29) is 0 Å². The number of hydrogen-bond donors (Lipinski definition) is 0. The third kappa shape index (κ3) is 3.26. The van der Waals surface area contributed by atoms with E-state index < -0.39 is 0 Å². The molecule has 0 saturated heterocycles. The lowest BCUT2D eigenvalue weighted by Gasteiger charge is -2.03. The number of nitrogens with zero attached hydrogens (tertiary/aromatic N) is 3. The van der Waals surface area contributed by atoms with Crippen molar-refractivity contribution in [2.45, 2.75) is 6.42 Å². The molecular weight excluding hydrogens is 282 g/mol. The zero-order valence-corrected chi connectivity index (χ0v) is 10.4. The van der Waals surface area contributed by atoms with Crippen LogP contribution in [-0.4, -0.2) is 9.97 Å². The van der Waals surface area contributed by atoms with Gasteiger partial charge in [-0.1, -0.05) is 12.1 Å². The molecule has 0 atom stereocenters. The second-order valence-corrected chi connectivity index (χ2v) is 4.18. The van der Waals surface area contributed by atoms with E-state index in [1.165, 1.54) is 0 Å². The number of aromatic nitrogens is 2. The maximum Gasteiger partial charge on any atom is 0.321 e. The molecule has 0 unspecified atom stereocenters. The van der Waals surface area contributed by atoms with Crippen molar-refractivity contribution in [1.82, 2.24) is 9.97 Å². The quantitative estimate of drug-likeness (QED) is 0.871. The van der Waals surface area contributed by atoms with Crippen molar-refractivity contribution in [2.24, 2.45) is 0 Å². The summed E-state index contributed by atoms with van der Waals surface area (Å²) < 4.78 is 6.24. The number of hydrogen-bond acceptors (Lipinski definition) is 4. The van der Waals surface area contributed by atoms with Gasteiger partial charge in [0.15, 0.2) is 0 Å². The van der Waals surface area contributed by atoms with E-state index in [0.29, 0.717) is 18.2 Å². The molecule has 4 nitrogen and oxygen atoms in total. The maximum atomic E-state index is 8.54. The second kappa shape index (κ2) is 5.41. The second-order valence-electron chi connectivity index (χ2n) is 3.26. The molecule has 2 rings (SSSR count). The molecule has 0 bridgehead atoms. The van der Waals surface area contributed by atoms with Crippen LogP contribution in [0.5, 0.6) is 11.8 Å². The van der Waals surface area contributed by atoms with Crippen LogP contribution >= 0.6 is 15.9 Å². The van der Waals surface area contributed by atoms with Crippen molar-refractivity contribution in [3.63, 3.8) is 0 Å². The Morgan fingerprint density at radius 3 is 2.41 bits per heavy atom. The van der Waals surface area contributed by atoms with E-state index in [1.54, 1.807) is 24.5 Å². The first-order chi connectivity index (χ1) is 8.28. The number of nitriles is 1. The lowest BCUT2D eigenvalue weighted by Crippen LogP contribution is -1.91. The number of ether oxygens (including phenoxy) is 1. The number of halogens is 1. The fourth-order valence-corrected chi connectivity index (χ4v) is 1.43. The van der Waals surface area contributed by atoms with Gasteiger partial charge in [0.1, 0.15) is 5.75 Å². The van der Waals surface area contributed by atoms with E-state index in [0.717, 1.165) is 10.0 Å². The smallest absolute Gasteiger partial charge is 0.321 e. The highest BCUT2D eigenvalue weighted by Crippen LogP contribution is 2.18. The van der Waals surface area contributed by atoms with Gasteiger partial charge in [0.05, 0.1) is 17.0 Å². The molecule has 0 N–H and O–H groups in total. The molecule has 1 aromatic carbocycles. The van der Waals surface area contributed by atoms with Crippen LogP contribution in [0, 0.1) is 11.3 Å². The summed E-state index contributed by atoms with van der Waals surface area (Å²) in [7, 11) is 0. The van der Waals surface area contributed by atoms with Crippen LogP contribution in [-0.2, 0) is 6.42 Å². The van der Waals surface area contributed by atoms with Crippen molar-refractivity contribution in [3.05, 3.63) is 46.7 Å². The normalized spacial score (nSPS) is 9.65. The zero-order valence-electron chi connectivity index (χ0n) is 8.80. The topological polar surface area (TPSA) is 58.8 Å². The highest BCUT2D eigenvalue weighted by Gasteiger charge is 2.00. The lowest BCUT2D eigenvalue weighted by molar-refractivity contribution is 0.441. The summed E-state index contributed by atoms with van der Waals surface area (Å²) in [6.07, 6.45) is 3.63. The molecular formula is C12H8BrN3O. The molecule has 0 saturated carbocycles. The van der Waals surface area contributed by atoms with Crippen LogP contribution in [0.4, 0.5) is 0 Å². The van der Waals surface area contributed by atoms with Gasteiger partial charge in [0, 0.05) is 12.4 Å².